The second-order valence-electron chi connectivity index (χ2n) is 7.99. The summed E-state index contributed by atoms with van der Waals surface area (Å²) in [6.45, 7) is 6.16. The van der Waals surface area contributed by atoms with Crippen LogP contribution in [0.5, 0.6) is 0 Å². The summed E-state index contributed by atoms with van der Waals surface area (Å²) >= 11 is 0. The molecule has 0 aliphatic carbocycles. The maximum absolute atomic E-state index is 12.7. The second-order valence-corrected chi connectivity index (χ2v) is 7.99. The minimum absolute atomic E-state index is 0.114. The zero-order valence-electron chi connectivity index (χ0n) is 18.1. The Morgan fingerprint density at radius 3 is 1.97 bits per heavy atom. The molecule has 0 saturated heterocycles. The number of carbonyl (C=O) groups excluding carboxylic acids is 3. The number of hydrogen-bond acceptors (Lipinski definition) is 4. The van der Waals surface area contributed by atoms with Crippen molar-refractivity contribution in [2.24, 2.45) is 0 Å². The normalized spacial score (nSPS) is 10.8. The molecule has 0 unspecified atom stereocenters. The molecular weight excluding hydrogens is 382 g/mol. The van der Waals surface area contributed by atoms with Crippen molar-refractivity contribution < 1.29 is 19.1 Å². The Kier molecular flexibility index (Phi) is 7.58. The van der Waals surface area contributed by atoms with Crippen LogP contribution >= 0.6 is 0 Å². The Morgan fingerprint density at radius 2 is 1.43 bits per heavy atom. The lowest BCUT2D eigenvalue weighted by Crippen LogP contribution is -2.32. The van der Waals surface area contributed by atoms with Gasteiger partial charge < -0.3 is 20.3 Å². The third kappa shape index (κ3) is 6.92. The van der Waals surface area contributed by atoms with Gasteiger partial charge in [-0.2, -0.15) is 0 Å². The summed E-state index contributed by atoms with van der Waals surface area (Å²) in [5, 5.41) is 5.27. The smallest absolute Gasteiger partial charge is 0.407 e. The van der Waals surface area contributed by atoms with Crippen LogP contribution in [0.3, 0.4) is 0 Å². The van der Waals surface area contributed by atoms with Crippen LogP contribution in [0.15, 0.2) is 48.5 Å². The Hall–Kier alpha value is -3.35. The van der Waals surface area contributed by atoms with E-state index in [2.05, 4.69) is 10.6 Å². The highest BCUT2D eigenvalue weighted by Crippen LogP contribution is 2.12. The average molecular weight is 412 g/mol. The van der Waals surface area contributed by atoms with Crippen molar-refractivity contribution in [3.63, 3.8) is 0 Å². The highest BCUT2D eigenvalue weighted by molar-refractivity contribution is 5.94. The molecule has 2 aromatic carbocycles. The van der Waals surface area contributed by atoms with E-state index < -0.39 is 11.7 Å². The fourth-order valence-corrected chi connectivity index (χ4v) is 2.73. The molecule has 30 heavy (non-hydrogen) atoms. The molecule has 0 radical (unpaired) electrons. The lowest BCUT2D eigenvalue weighted by molar-refractivity contribution is 0.0523. The standard InChI is InChI=1S/C23H29N3O4/c1-23(2,3)30-22(29)25-14-16-6-12-19(13-7-16)21(28)26(5)15-17-8-10-18(11-9-17)20(27)24-4/h6-13H,14-15H2,1-5H3,(H,24,27)(H,25,29). The van der Waals surface area contributed by atoms with Gasteiger partial charge in [-0.3, -0.25) is 9.59 Å². The summed E-state index contributed by atoms with van der Waals surface area (Å²) in [7, 11) is 3.31. The summed E-state index contributed by atoms with van der Waals surface area (Å²) < 4.78 is 5.20. The quantitative estimate of drug-likeness (QED) is 0.763. The molecule has 0 saturated carbocycles. The fourth-order valence-electron chi connectivity index (χ4n) is 2.73. The van der Waals surface area contributed by atoms with E-state index >= 15 is 0 Å². The molecule has 2 N–H and O–H groups in total. The van der Waals surface area contributed by atoms with E-state index in [0.717, 1.165) is 11.1 Å². The number of amides is 3. The molecule has 0 aromatic heterocycles. The lowest BCUT2D eigenvalue weighted by Gasteiger charge is -2.20. The van der Waals surface area contributed by atoms with Gasteiger partial charge in [0.2, 0.25) is 0 Å². The molecule has 0 heterocycles. The van der Waals surface area contributed by atoms with E-state index in [-0.39, 0.29) is 11.8 Å². The first kappa shape index (κ1) is 22.9. The first-order valence-electron chi connectivity index (χ1n) is 9.71. The van der Waals surface area contributed by atoms with Gasteiger partial charge in [0.05, 0.1) is 0 Å². The van der Waals surface area contributed by atoms with E-state index in [1.165, 1.54) is 0 Å². The first-order valence-corrected chi connectivity index (χ1v) is 9.71. The van der Waals surface area contributed by atoms with Gasteiger partial charge in [0, 0.05) is 38.3 Å². The van der Waals surface area contributed by atoms with Crippen LogP contribution in [0, 0.1) is 0 Å². The molecule has 2 rings (SSSR count). The topological polar surface area (TPSA) is 87.7 Å². The molecule has 0 aliphatic rings. The molecule has 3 amide bonds. The van der Waals surface area contributed by atoms with E-state index in [1.807, 2.05) is 12.1 Å². The van der Waals surface area contributed by atoms with Crippen molar-refractivity contribution in [3.05, 3.63) is 70.8 Å². The van der Waals surface area contributed by atoms with Crippen LogP contribution in [-0.4, -0.2) is 42.5 Å². The van der Waals surface area contributed by atoms with E-state index in [0.29, 0.717) is 24.2 Å². The van der Waals surface area contributed by atoms with Crippen molar-refractivity contribution in [2.75, 3.05) is 14.1 Å². The monoisotopic (exact) mass is 411 g/mol. The summed E-state index contributed by atoms with van der Waals surface area (Å²) in [5.41, 5.74) is 2.38. The van der Waals surface area contributed by atoms with E-state index in [4.69, 9.17) is 4.74 Å². The molecule has 160 valence electrons. The number of ether oxygens (including phenoxy) is 1. The number of rotatable bonds is 6. The SMILES string of the molecule is CNC(=O)c1ccc(CN(C)C(=O)c2ccc(CNC(=O)OC(C)(C)C)cc2)cc1. The van der Waals surface area contributed by atoms with Gasteiger partial charge in [-0.1, -0.05) is 24.3 Å². The second kappa shape index (κ2) is 9.91. The van der Waals surface area contributed by atoms with Gasteiger partial charge in [-0.05, 0) is 56.2 Å². The summed E-state index contributed by atoms with van der Waals surface area (Å²) in [6.07, 6.45) is -0.482. The number of alkyl carbamates (subject to hydrolysis) is 1. The van der Waals surface area contributed by atoms with Crippen molar-refractivity contribution in [2.45, 2.75) is 39.5 Å². The fraction of sp³-hybridized carbons (Fsp3) is 0.348. The maximum Gasteiger partial charge on any atom is 0.407 e. The van der Waals surface area contributed by atoms with Crippen molar-refractivity contribution >= 4 is 17.9 Å². The lowest BCUT2D eigenvalue weighted by atomic mass is 10.1. The molecule has 7 heteroatoms. The van der Waals surface area contributed by atoms with Crippen LogP contribution in [0.25, 0.3) is 0 Å². The number of benzene rings is 2. The number of carbonyl (C=O) groups is 3. The molecule has 0 spiro atoms. The molecule has 2 aromatic rings. The third-order valence-corrected chi connectivity index (χ3v) is 4.25. The first-order chi connectivity index (χ1) is 14.1. The van der Waals surface area contributed by atoms with Crippen molar-refractivity contribution in [3.8, 4) is 0 Å². The predicted molar refractivity (Wildman–Crippen MR) is 115 cm³/mol. The number of nitrogens with zero attached hydrogens (tertiary/aromatic N) is 1. The molecule has 0 fully saturated rings. The van der Waals surface area contributed by atoms with Crippen molar-refractivity contribution in [1.29, 1.82) is 0 Å². The Morgan fingerprint density at radius 1 is 0.900 bits per heavy atom. The zero-order valence-corrected chi connectivity index (χ0v) is 18.1. The molecule has 0 atom stereocenters. The van der Waals surface area contributed by atoms with Crippen LogP contribution in [0.4, 0.5) is 4.79 Å². The van der Waals surface area contributed by atoms with Crippen LogP contribution in [-0.2, 0) is 17.8 Å². The van der Waals surface area contributed by atoms with Gasteiger partial charge in [0.15, 0.2) is 0 Å². The van der Waals surface area contributed by atoms with E-state index in [9.17, 15) is 14.4 Å². The van der Waals surface area contributed by atoms with Gasteiger partial charge in [0.25, 0.3) is 11.8 Å². The molecular formula is C23H29N3O4. The molecule has 0 bridgehead atoms. The van der Waals surface area contributed by atoms with Gasteiger partial charge in [0.1, 0.15) is 5.60 Å². The highest BCUT2D eigenvalue weighted by atomic mass is 16.6. The van der Waals surface area contributed by atoms with Crippen LogP contribution < -0.4 is 10.6 Å². The number of hydrogen-bond donors (Lipinski definition) is 2. The predicted octanol–water partition coefficient (Wildman–Crippen LogP) is 3.34. The Labute approximate surface area is 177 Å². The van der Waals surface area contributed by atoms with Gasteiger partial charge in [-0.25, -0.2) is 4.79 Å². The average Bonchev–Trinajstić information content (AvgIpc) is 2.70. The van der Waals surface area contributed by atoms with Crippen molar-refractivity contribution in [1.82, 2.24) is 15.5 Å². The van der Waals surface area contributed by atoms with E-state index in [1.54, 1.807) is 76.2 Å². The minimum atomic E-state index is -0.548. The molecule has 7 nitrogen and oxygen atoms in total. The maximum atomic E-state index is 12.7. The van der Waals surface area contributed by atoms with Crippen LogP contribution in [0.1, 0.15) is 52.6 Å². The third-order valence-electron chi connectivity index (χ3n) is 4.25. The Balaban J connectivity index is 1.91. The van der Waals surface area contributed by atoms with Gasteiger partial charge in [-0.15, -0.1) is 0 Å². The summed E-state index contributed by atoms with van der Waals surface area (Å²) in [6, 6.07) is 14.2. The highest BCUT2D eigenvalue weighted by Gasteiger charge is 2.16. The Bertz CT molecular complexity index is 884. The zero-order chi connectivity index (χ0) is 22.3. The summed E-state index contributed by atoms with van der Waals surface area (Å²) in [4.78, 5) is 37.6. The molecule has 0 aliphatic heterocycles. The minimum Gasteiger partial charge on any atom is -0.444 e. The van der Waals surface area contributed by atoms with Gasteiger partial charge >= 0.3 is 6.09 Å². The number of nitrogens with one attached hydrogen (secondary N) is 2. The largest absolute Gasteiger partial charge is 0.444 e. The van der Waals surface area contributed by atoms with Crippen LogP contribution in [0.2, 0.25) is 0 Å². The summed E-state index contributed by atoms with van der Waals surface area (Å²) in [5.74, 6) is -0.260.